The molecule has 0 aliphatic rings. The largest absolute Gasteiger partial charge is 0.419 e. The van der Waals surface area contributed by atoms with Gasteiger partial charge in [-0.05, 0) is 12.1 Å². The van der Waals surface area contributed by atoms with E-state index in [0.717, 1.165) is 5.56 Å². The van der Waals surface area contributed by atoms with Crippen LogP contribution in [0.3, 0.4) is 0 Å². The van der Waals surface area contributed by atoms with Crippen molar-refractivity contribution in [2.75, 3.05) is 0 Å². The Morgan fingerprint density at radius 2 is 2.16 bits per heavy atom. The van der Waals surface area contributed by atoms with Crippen molar-refractivity contribution >= 4 is 11.1 Å². The monoisotopic (exact) mass is 254 g/mol. The molecule has 0 saturated carbocycles. The molecule has 0 amide bonds. The molecule has 0 atom stereocenters. The van der Waals surface area contributed by atoms with Crippen molar-refractivity contribution < 1.29 is 4.42 Å². The van der Waals surface area contributed by atoms with Gasteiger partial charge in [0.2, 0.25) is 0 Å². The van der Waals surface area contributed by atoms with Gasteiger partial charge in [0.1, 0.15) is 17.5 Å². The molecule has 0 radical (unpaired) electrons. The number of nitrogens with zero attached hydrogens (tertiary/aromatic N) is 4. The van der Waals surface area contributed by atoms with E-state index in [9.17, 15) is 4.79 Å². The van der Waals surface area contributed by atoms with Crippen LogP contribution in [0.5, 0.6) is 0 Å². The van der Waals surface area contributed by atoms with Gasteiger partial charge < -0.3 is 8.98 Å². The number of nitriles is 1. The third-order valence-corrected chi connectivity index (χ3v) is 3.11. The van der Waals surface area contributed by atoms with Crippen LogP contribution in [0.15, 0.2) is 33.7 Å². The van der Waals surface area contributed by atoms with Gasteiger partial charge in [0, 0.05) is 19.7 Å². The van der Waals surface area contributed by atoms with E-state index in [4.69, 9.17) is 9.68 Å². The van der Waals surface area contributed by atoms with Crippen LogP contribution in [0, 0.1) is 11.3 Å². The topological polar surface area (TPSA) is 76.8 Å². The van der Waals surface area contributed by atoms with Crippen molar-refractivity contribution in [1.82, 2.24) is 14.1 Å². The lowest BCUT2D eigenvalue weighted by Crippen LogP contribution is -2.08. The van der Waals surface area contributed by atoms with Crippen LogP contribution in [0.4, 0.5) is 0 Å². The minimum absolute atomic E-state index is 0.409. The summed E-state index contributed by atoms with van der Waals surface area (Å²) >= 11 is 0. The lowest BCUT2D eigenvalue weighted by atomic mass is 10.1. The predicted octanol–water partition coefficient (Wildman–Crippen LogP) is 1.40. The Morgan fingerprint density at radius 3 is 2.89 bits per heavy atom. The maximum Gasteiger partial charge on any atom is 0.419 e. The zero-order valence-electron chi connectivity index (χ0n) is 10.4. The van der Waals surface area contributed by atoms with Gasteiger partial charge >= 0.3 is 5.76 Å². The molecule has 2 heterocycles. The fourth-order valence-corrected chi connectivity index (χ4v) is 2.05. The van der Waals surface area contributed by atoms with Crippen LogP contribution in [0.25, 0.3) is 22.4 Å². The highest BCUT2D eigenvalue weighted by atomic mass is 16.4. The van der Waals surface area contributed by atoms with Crippen molar-refractivity contribution in [2.45, 2.75) is 0 Å². The summed E-state index contributed by atoms with van der Waals surface area (Å²) in [5, 5.41) is 9.12. The fourth-order valence-electron chi connectivity index (χ4n) is 2.05. The van der Waals surface area contributed by atoms with Gasteiger partial charge in [-0.15, -0.1) is 0 Å². The lowest BCUT2D eigenvalue weighted by Gasteiger charge is -1.99. The SMILES string of the molecule is Cn1cnc(-c2ccc3c(c2)oc(=O)n3C)c1C#N. The van der Waals surface area contributed by atoms with Crippen LogP contribution in [-0.4, -0.2) is 14.1 Å². The van der Waals surface area contributed by atoms with Crippen LogP contribution in [0.1, 0.15) is 5.69 Å². The standard InChI is InChI=1S/C13H10N4O2/c1-16-7-15-12(10(16)6-14)8-3-4-9-11(5-8)19-13(18)17(9)2/h3-5,7H,1-2H3. The van der Waals surface area contributed by atoms with E-state index in [2.05, 4.69) is 11.1 Å². The van der Waals surface area contributed by atoms with E-state index in [1.165, 1.54) is 4.57 Å². The molecule has 0 unspecified atom stereocenters. The molecular weight excluding hydrogens is 244 g/mol. The van der Waals surface area contributed by atoms with E-state index >= 15 is 0 Å². The Bertz CT molecular complexity index is 876. The van der Waals surface area contributed by atoms with Gasteiger partial charge in [-0.25, -0.2) is 9.78 Å². The summed E-state index contributed by atoms with van der Waals surface area (Å²) in [6.07, 6.45) is 1.58. The zero-order chi connectivity index (χ0) is 13.6. The first-order chi connectivity index (χ1) is 9.11. The summed E-state index contributed by atoms with van der Waals surface area (Å²) < 4.78 is 8.22. The van der Waals surface area contributed by atoms with Gasteiger partial charge in [-0.2, -0.15) is 5.26 Å². The first kappa shape index (κ1) is 11.3. The highest BCUT2D eigenvalue weighted by Gasteiger charge is 2.13. The summed E-state index contributed by atoms with van der Waals surface area (Å²) in [6, 6.07) is 7.44. The highest BCUT2D eigenvalue weighted by molar-refractivity contribution is 5.80. The van der Waals surface area contributed by atoms with Gasteiger partial charge in [0.15, 0.2) is 5.58 Å². The quantitative estimate of drug-likeness (QED) is 0.657. The molecule has 3 rings (SSSR count). The molecule has 0 saturated heterocycles. The normalized spacial score (nSPS) is 10.8. The fraction of sp³-hybridized carbons (Fsp3) is 0.154. The van der Waals surface area contributed by atoms with Crippen molar-refractivity contribution in [1.29, 1.82) is 5.26 Å². The molecule has 94 valence electrons. The molecule has 6 nitrogen and oxygen atoms in total. The molecular formula is C13H10N4O2. The summed E-state index contributed by atoms with van der Waals surface area (Å²) in [5.41, 5.74) is 3.00. The third-order valence-electron chi connectivity index (χ3n) is 3.11. The van der Waals surface area contributed by atoms with E-state index in [1.54, 1.807) is 37.1 Å². The lowest BCUT2D eigenvalue weighted by molar-refractivity contribution is 0.528. The predicted molar refractivity (Wildman–Crippen MR) is 68.4 cm³/mol. The molecule has 0 fully saturated rings. The average molecular weight is 254 g/mol. The summed E-state index contributed by atoms with van der Waals surface area (Å²) in [4.78, 5) is 15.6. The number of hydrogen-bond donors (Lipinski definition) is 0. The zero-order valence-corrected chi connectivity index (χ0v) is 10.4. The number of hydrogen-bond acceptors (Lipinski definition) is 4. The van der Waals surface area contributed by atoms with Gasteiger partial charge in [0.25, 0.3) is 0 Å². The molecule has 0 aliphatic carbocycles. The Morgan fingerprint density at radius 1 is 1.37 bits per heavy atom. The number of benzene rings is 1. The van der Waals surface area contributed by atoms with E-state index in [-0.39, 0.29) is 0 Å². The first-order valence-electron chi connectivity index (χ1n) is 5.63. The van der Waals surface area contributed by atoms with E-state index in [0.29, 0.717) is 22.5 Å². The van der Waals surface area contributed by atoms with Gasteiger partial charge in [0.05, 0.1) is 11.8 Å². The second kappa shape index (κ2) is 3.85. The molecule has 0 spiro atoms. The van der Waals surface area contributed by atoms with Crippen LogP contribution < -0.4 is 5.76 Å². The van der Waals surface area contributed by atoms with Gasteiger partial charge in [-0.1, -0.05) is 6.07 Å². The minimum Gasteiger partial charge on any atom is -0.408 e. The molecule has 2 aromatic heterocycles. The Labute approximate surface area is 108 Å². The second-order valence-electron chi connectivity index (χ2n) is 4.27. The Balaban J connectivity index is 2.27. The van der Waals surface area contributed by atoms with Crippen molar-refractivity contribution in [3.05, 3.63) is 40.8 Å². The number of oxazole rings is 1. The molecule has 0 N–H and O–H groups in total. The molecule has 3 aromatic rings. The molecule has 0 aliphatic heterocycles. The summed E-state index contributed by atoms with van der Waals surface area (Å²) in [6.45, 7) is 0. The minimum atomic E-state index is -0.409. The van der Waals surface area contributed by atoms with Gasteiger partial charge in [-0.3, -0.25) is 4.57 Å². The number of aromatic nitrogens is 3. The van der Waals surface area contributed by atoms with Crippen molar-refractivity contribution in [3.63, 3.8) is 0 Å². The number of fused-ring (bicyclic) bond motifs is 1. The second-order valence-corrected chi connectivity index (χ2v) is 4.27. The molecule has 19 heavy (non-hydrogen) atoms. The third kappa shape index (κ3) is 1.56. The van der Waals surface area contributed by atoms with Crippen LogP contribution >= 0.6 is 0 Å². The first-order valence-corrected chi connectivity index (χ1v) is 5.63. The maximum absolute atomic E-state index is 11.4. The maximum atomic E-state index is 11.4. The summed E-state index contributed by atoms with van der Waals surface area (Å²) in [5.74, 6) is -0.409. The number of rotatable bonds is 1. The van der Waals surface area contributed by atoms with Crippen molar-refractivity contribution in [2.24, 2.45) is 14.1 Å². The molecule has 6 heteroatoms. The van der Waals surface area contributed by atoms with Crippen LogP contribution in [0.2, 0.25) is 0 Å². The molecule has 0 bridgehead atoms. The van der Waals surface area contributed by atoms with E-state index in [1.807, 2.05) is 6.07 Å². The summed E-state index contributed by atoms with van der Waals surface area (Å²) in [7, 11) is 3.41. The van der Waals surface area contributed by atoms with Crippen LogP contribution in [-0.2, 0) is 14.1 Å². The Kier molecular flexibility index (Phi) is 2.29. The highest BCUT2D eigenvalue weighted by Crippen LogP contribution is 2.25. The van der Waals surface area contributed by atoms with Crippen molar-refractivity contribution in [3.8, 4) is 17.3 Å². The number of aryl methyl sites for hydroxylation is 2. The molecule has 1 aromatic carbocycles. The Hall–Kier alpha value is -2.81. The van der Waals surface area contributed by atoms with E-state index < -0.39 is 5.76 Å². The number of imidazole rings is 1. The average Bonchev–Trinajstić information content (AvgIpc) is 2.90. The smallest absolute Gasteiger partial charge is 0.408 e.